The molecule has 0 aliphatic heterocycles. The summed E-state index contributed by atoms with van der Waals surface area (Å²) in [7, 11) is -0.879. The number of aromatic nitrogens is 2. The predicted molar refractivity (Wildman–Crippen MR) is 84.7 cm³/mol. The van der Waals surface area contributed by atoms with E-state index in [1.54, 1.807) is 27.9 Å². The summed E-state index contributed by atoms with van der Waals surface area (Å²) in [5.74, 6) is -1.65. The van der Waals surface area contributed by atoms with Crippen molar-refractivity contribution in [2.24, 2.45) is 20.0 Å². The van der Waals surface area contributed by atoms with Crippen LogP contribution in [0.4, 0.5) is 0 Å². The van der Waals surface area contributed by atoms with E-state index >= 15 is 0 Å². The average Bonchev–Trinajstić information content (AvgIpc) is 2.69. The van der Waals surface area contributed by atoms with Crippen LogP contribution in [-0.4, -0.2) is 34.7 Å². The van der Waals surface area contributed by atoms with Crippen molar-refractivity contribution in [1.29, 1.82) is 0 Å². The van der Waals surface area contributed by atoms with E-state index < -0.39 is 28.0 Å². The molecule has 2 aromatic rings. The standard InChI is InChI=1S/C14H19N3O5S/c1-8(2)12(13(18)19)15-23(21,22)9-5-6-10-11(7-9)17(4)14(20)16(10)3/h5-8,12,15H,1-4H3,(H,18,19). The summed E-state index contributed by atoms with van der Waals surface area (Å²) < 4.78 is 29.8. The second-order valence-corrected chi connectivity index (χ2v) is 7.45. The lowest BCUT2D eigenvalue weighted by atomic mass is 10.1. The molecule has 9 heteroatoms. The number of sulfonamides is 1. The van der Waals surface area contributed by atoms with Gasteiger partial charge in [0.25, 0.3) is 0 Å². The monoisotopic (exact) mass is 341 g/mol. The lowest BCUT2D eigenvalue weighted by Gasteiger charge is -2.18. The van der Waals surface area contributed by atoms with Gasteiger partial charge in [-0.25, -0.2) is 13.2 Å². The number of carboxylic acids is 1. The van der Waals surface area contributed by atoms with Gasteiger partial charge in [-0.2, -0.15) is 4.72 Å². The average molecular weight is 341 g/mol. The van der Waals surface area contributed by atoms with E-state index in [1.165, 1.54) is 27.3 Å². The maximum absolute atomic E-state index is 12.4. The van der Waals surface area contributed by atoms with E-state index in [1.807, 2.05) is 0 Å². The summed E-state index contributed by atoms with van der Waals surface area (Å²) in [4.78, 5) is 23.0. The number of nitrogens with zero attached hydrogens (tertiary/aromatic N) is 2. The van der Waals surface area contributed by atoms with E-state index in [0.29, 0.717) is 11.0 Å². The minimum Gasteiger partial charge on any atom is -0.480 e. The number of benzene rings is 1. The van der Waals surface area contributed by atoms with Crippen LogP contribution in [0.1, 0.15) is 13.8 Å². The Labute approximate surface area is 133 Å². The van der Waals surface area contributed by atoms with Gasteiger partial charge in [0.15, 0.2) is 0 Å². The molecule has 1 unspecified atom stereocenters. The van der Waals surface area contributed by atoms with Gasteiger partial charge in [-0.05, 0) is 24.1 Å². The van der Waals surface area contributed by atoms with Crippen LogP contribution < -0.4 is 10.4 Å². The molecule has 1 aromatic carbocycles. The largest absolute Gasteiger partial charge is 0.480 e. The fraction of sp³-hybridized carbons (Fsp3) is 0.429. The topological polar surface area (TPSA) is 110 Å². The molecule has 0 saturated heterocycles. The number of imidazole rings is 1. The number of carboxylic acid groups (broad SMARTS) is 1. The van der Waals surface area contributed by atoms with Crippen LogP contribution in [0.3, 0.4) is 0 Å². The molecule has 1 heterocycles. The molecule has 0 saturated carbocycles. The minimum absolute atomic E-state index is 0.0851. The molecule has 23 heavy (non-hydrogen) atoms. The number of hydrogen-bond acceptors (Lipinski definition) is 4. The number of nitrogens with one attached hydrogen (secondary N) is 1. The number of aliphatic carboxylic acids is 1. The normalized spacial score (nSPS) is 13.6. The summed E-state index contributed by atoms with van der Waals surface area (Å²) in [5.41, 5.74) is 0.778. The van der Waals surface area contributed by atoms with Crippen molar-refractivity contribution in [2.45, 2.75) is 24.8 Å². The SMILES string of the molecule is CC(C)C(NS(=O)(=O)c1ccc2c(c1)n(C)c(=O)n2C)C(=O)O. The molecule has 0 amide bonds. The van der Waals surface area contributed by atoms with Gasteiger partial charge >= 0.3 is 11.7 Å². The minimum atomic E-state index is -4.02. The molecule has 0 fully saturated rings. The van der Waals surface area contributed by atoms with E-state index in [9.17, 15) is 18.0 Å². The highest BCUT2D eigenvalue weighted by molar-refractivity contribution is 7.89. The second-order valence-electron chi connectivity index (χ2n) is 5.73. The molecule has 2 rings (SSSR count). The van der Waals surface area contributed by atoms with Gasteiger partial charge in [0, 0.05) is 14.1 Å². The number of hydrogen-bond donors (Lipinski definition) is 2. The number of rotatable bonds is 5. The Hall–Kier alpha value is -2.13. The van der Waals surface area contributed by atoms with Crippen molar-refractivity contribution in [1.82, 2.24) is 13.9 Å². The third-order valence-corrected chi connectivity index (χ3v) is 5.21. The molecule has 8 nitrogen and oxygen atoms in total. The van der Waals surface area contributed by atoms with Crippen LogP contribution in [0, 0.1) is 5.92 Å². The Bertz CT molecular complexity index is 924. The Kier molecular flexibility index (Phi) is 4.36. The van der Waals surface area contributed by atoms with Crippen molar-refractivity contribution >= 4 is 27.0 Å². The van der Waals surface area contributed by atoms with Crippen LogP contribution in [0.5, 0.6) is 0 Å². The third-order valence-electron chi connectivity index (χ3n) is 3.77. The first-order chi connectivity index (χ1) is 10.6. The summed E-state index contributed by atoms with van der Waals surface area (Å²) in [5, 5.41) is 9.13. The first-order valence-corrected chi connectivity index (χ1v) is 8.45. The molecule has 1 atom stereocenters. The lowest BCUT2D eigenvalue weighted by molar-refractivity contribution is -0.140. The highest BCUT2D eigenvalue weighted by Crippen LogP contribution is 2.18. The van der Waals surface area contributed by atoms with Crippen LogP contribution in [0.15, 0.2) is 27.9 Å². The highest BCUT2D eigenvalue weighted by atomic mass is 32.2. The van der Waals surface area contributed by atoms with E-state index in [2.05, 4.69) is 4.72 Å². The van der Waals surface area contributed by atoms with Gasteiger partial charge in [-0.1, -0.05) is 13.8 Å². The maximum atomic E-state index is 12.4. The maximum Gasteiger partial charge on any atom is 0.328 e. The van der Waals surface area contributed by atoms with Gasteiger partial charge < -0.3 is 5.11 Å². The number of aryl methyl sites for hydroxylation is 2. The van der Waals surface area contributed by atoms with Crippen molar-refractivity contribution in [2.75, 3.05) is 0 Å². The molecule has 0 radical (unpaired) electrons. The fourth-order valence-electron chi connectivity index (χ4n) is 2.36. The molecular weight excluding hydrogens is 322 g/mol. The Balaban J connectivity index is 2.52. The lowest BCUT2D eigenvalue weighted by Crippen LogP contribution is -2.44. The zero-order valence-corrected chi connectivity index (χ0v) is 14.1. The molecular formula is C14H19N3O5S. The van der Waals surface area contributed by atoms with Crippen molar-refractivity contribution in [3.05, 3.63) is 28.7 Å². The van der Waals surface area contributed by atoms with Gasteiger partial charge in [-0.15, -0.1) is 0 Å². The zero-order chi connectivity index (χ0) is 17.5. The number of carbonyl (C=O) groups is 1. The Morgan fingerprint density at radius 2 is 1.74 bits per heavy atom. The summed E-state index contributed by atoms with van der Waals surface area (Å²) in [6.45, 7) is 3.23. The van der Waals surface area contributed by atoms with Gasteiger partial charge in [0.05, 0.1) is 15.9 Å². The van der Waals surface area contributed by atoms with E-state index in [-0.39, 0.29) is 10.6 Å². The molecule has 0 aliphatic rings. The molecule has 0 bridgehead atoms. The highest BCUT2D eigenvalue weighted by Gasteiger charge is 2.28. The molecule has 1 aromatic heterocycles. The van der Waals surface area contributed by atoms with Crippen LogP contribution in [-0.2, 0) is 28.9 Å². The van der Waals surface area contributed by atoms with Crippen molar-refractivity contribution < 1.29 is 18.3 Å². The Morgan fingerprint density at radius 1 is 1.17 bits per heavy atom. The fourth-order valence-corrected chi connectivity index (χ4v) is 3.72. The van der Waals surface area contributed by atoms with E-state index in [0.717, 1.165) is 0 Å². The summed E-state index contributed by atoms with van der Waals surface area (Å²) in [6, 6.07) is 3.01. The first-order valence-electron chi connectivity index (χ1n) is 6.97. The zero-order valence-electron chi connectivity index (χ0n) is 13.3. The van der Waals surface area contributed by atoms with Crippen molar-refractivity contribution in [3.63, 3.8) is 0 Å². The van der Waals surface area contributed by atoms with Crippen LogP contribution in [0.25, 0.3) is 11.0 Å². The summed E-state index contributed by atoms with van der Waals surface area (Å²) in [6.07, 6.45) is 0. The van der Waals surface area contributed by atoms with E-state index in [4.69, 9.17) is 5.11 Å². The molecule has 126 valence electrons. The van der Waals surface area contributed by atoms with Gasteiger partial charge in [0.2, 0.25) is 10.0 Å². The Morgan fingerprint density at radius 3 is 2.26 bits per heavy atom. The molecule has 0 aliphatic carbocycles. The summed E-state index contributed by atoms with van der Waals surface area (Å²) >= 11 is 0. The van der Waals surface area contributed by atoms with Crippen LogP contribution in [0.2, 0.25) is 0 Å². The molecule has 0 spiro atoms. The molecule has 2 N–H and O–H groups in total. The second kappa shape index (κ2) is 5.82. The van der Waals surface area contributed by atoms with Gasteiger partial charge in [-0.3, -0.25) is 13.9 Å². The smallest absolute Gasteiger partial charge is 0.328 e. The van der Waals surface area contributed by atoms with Gasteiger partial charge in [0.1, 0.15) is 6.04 Å². The first kappa shape index (κ1) is 17.2. The van der Waals surface area contributed by atoms with Crippen molar-refractivity contribution in [3.8, 4) is 0 Å². The quantitative estimate of drug-likeness (QED) is 0.811. The predicted octanol–water partition coefficient (Wildman–Crippen LogP) is 0.265. The number of fused-ring (bicyclic) bond motifs is 1. The van der Waals surface area contributed by atoms with Crippen LogP contribution >= 0.6 is 0 Å². The third kappa shape index (κ3) is 3.02.